The SMILES string of the molecule is CC(=N)C1CN(c2nc3cc(C4CCCCN4C(=O)c4cc(S(C)=O)ccc4C)nn3cc2C)CC1O. The molecule has 2 N–H and O–H groups in total. The number of anilines is 1. The number of carbonyl (C=O) groups is 1. The second-order valence-electron chi connectivity index (χ2n) is 10.3. The van der Waals surface area contributed by atoms with Crippen LogP contribution in [0.25, 0.3) is 5.65 Å². The standard InChI is InChI=1S/C27H34N6O3S/c1-16-8-9-19(37(4)36)11-20(16)27(35)32-10-6-5-7-23(32)22-12-25-29-26(17(2)13-33(25)30-22)31-14-21(18(3)28)24(34)15-31/h8-9,11-13,21,23-24,28,34H,5-7,10,14-15H2,1-4H3. The van der Waals surface area contributed by atoms with Crippen molar-refractivity contribution in [3.05, 3.63) is 52.8 Å². The van der Waals surface area contributed by atoms with Gasteiger partial charge in [-0.05, 0) is 57.7 Å². The van der Waals surface area contributed by atoms with Gasteiger partial charge >= 0.3 is 0 Å². The van der Waals surface area contributed by atoms with Gasteiger partial charge in [0.2, 0.25) is 0 Å². The molecular formula is C27H34N6O3S. The summed E-state index contributed by atoms with van der Waals surface area (Å²) in [7, 11) is -1.16. The normalized spacial score (nSPS) is 23.0. The van der Waals surface area contributed by atoms with Crippen molar-refractivity contribution in [3.8, 4) is 0 Å². The van der Waals surface area contributed by atoms with Crippen molar-refractivity contribution in [2.24, 2.45) is 5.92 Å². The maximum atomic E-state index is 13.7. The summed E-state index contributed by atoms with van der Waals surface area (Å²) in [4.78, 5) is 23.2. The fourth-order valence-electron chi connectivity index (χ4n) is 5.53. The van der Waals surface area contributed by atoms with Gasteiger partial charge in [0, 0.05) is 76.6 Å². The Balaban J connectivity index is 1.46. The number of β-amino-alcohol motifs (C(OH)–C–C–N with tert-alkyl or cyclic N) is 1. The first-order valence-corrected chi connectivity index (χ1v) is 14.3. The van der Waals surface area contributed by atoms with Gasteiger partial charge in [-0.2, -0.15) is 5.10 Å². The number of hydrogen-bond donors (Lipinski definition) is 2. The maximum Gasteiger partial charge on any atom is 0.254 e. The molecule has 0 saturated carbocycles. The highest BCUT2D eigenvalue weighted by molar-refractivity contribution is 7.84. The summed E-state index contributed by atoms with van der Waals surface area (Å²) in [6.07, 6.45) is 5.74. The minimum absolute atomic E-state index is 0.0597. The predicted molar refractivity (Wildman–Crippen MR) is 144 cm³/mol. The van der Waals surface area contributed by atoms with Crippen LogP contribution in [0.5, 0.6) is 0 Å². The number of nitrogens with one attached hydrogen (secondary N) is 1. The average Bonchev–Trinajstić information content (AvgIpc) is 3.46. The molecule has 0 aliphatic carbocycles. The first-order valence-electron chi connectivity index (χ1n) is 12.7. The van der Waals surface area contributed by atoms with Crippen molar-refractivity contribution < 1.29 is 14.1 Å². The van der Waals surface area contributed by atoms with Crippen LogP contribution in [0.4, 0.5) is 5.82 Å². The Morgan fingerprint density at radius 3 is 2.65 bits per heavy atom. The van der Waals surface area contributed by atoms with E-state index in [1.807, 2.05) is 48.0 Å². The van der Waals surface area contributed by atoms with Crippen LogP contribution in [-0.4, -0.2) is 72.4 Å². The summed E-state index contributed by atoms with van der Waals surface area (Å²) in [6, 6.07) is 7.22. The van der Waals surface area contributed by atoms with E-state index in [9.17, 15) is 14.1 Å². The molecular weight excluding hydrogens is 488 g/mol. The zero-order valence-electron chi connectivity index (χ0n) is 21.8. The molecule has 0 bridgehead atoms. The van der Waals surface area contributed by atoms with Gasteiger partial charge in [0.25, 0.3) is 5.91 Å². The zero-order chi connectivity index (χ0) is 26.4. The van der Waals surface area contributed by atoms with Gasteiger partial charge in [-0.25, -0.2) is 9.50 Å². The molecule has 1 aromatic carbocycles. The molecule has 5 rings (SSSR count). The van der Waals surface area contributed by atoms with Crippen LogP contribution < -0.4 is 4.90 Å². The van der Waals surface area contributed by atoms with Crippen LogP contribution in [0.1, 0.15) is 59.4 Å². The summed E-state index contributed by atoms with van der Waals surface area (Å²) in [5.41, 5.74) is 4.37. The van der Waals surface area contributed by atoms with Crippen molar-refractivity contribution in [2.75, 3.05) is 30.8 Å². The van der Waals surface area contributed by atoms with Crippen molar-refractivity contribution in [2.45, 2.75) is 57.1 Å². The van der Waals surface area contributed by atoms with Crippen LogP contribution in [-0.2, 0) is 10.8 Å². The van der Waals surface area contributed by atoms with Crippen molar-refractivity contribution in [1.29, 1.82) is 5.41 Å². The molecule has 2 saturated heterocycles. The molecule has 9 nitrogen and oxygen atoms in total. The number of hydrogen-bond acceptors (Lipinski definition) is 7. The third kappa shape index (κ3) is 4.80. The maximum absolute atomic E-state index is 13.7. The van der Waals surface area contributed by atoms with Crippen LogP contribution in [0.3, 0.4) is 0 Å². The number of piperidine rings is 1. The Bertz CT molecular complexity index is 1400. The van der Waals surface area contributed by atoms with Gasteiger partial charge in [0.05, 0.1) is 17.8 Å². The molecule has 4 atom stereocenters. The number of carbonyl (C=O) groups excluding carboxylic acids is 1. The van der Waals surface area contributed by atoms with Crippen LogP contribution in [0.15, 0.2) is 35.4 Å². The van der Waals surface area contributed by atoms with E-state index in [1.54, 1.807) is 23.8 Å². The van der Waals surface area contributed by atoms with Gasteiger partial charge in [-0.1, -0.05) is 6.07 Å². The Morgan fingerprint density at radius 2 is 1.95 bits per heavy atom. The summed E-state index contributed by atoms with van der Waals surface area (Å²) in [5.74, 6) is 0.542. The predicted octanol–water partition coefficient (Wildman–Crippen LogP) is 3.29. The minimum atomic E-state index is -1.16. The quantitative estimate of drug-likeness (QED) is 0.497. The van der Waals surface area contributed by atoms with E-state index in [0.717, 1.165) is 41.9 Å². The lowest BCUT2D eigenvalue weighted by atomic mass is 9.97. The molecule has 4 heterocycles. The number of aliphatic hydroxyl groups excluding tert-OH is 1. The molecule has 2 aliphatic heterocycles. The van der Waals surface area contributed by atoms with Gasteiger partial charge in [0.15, 0.2) is 5.65 Å². The highest BCUT2D eigenvalue weighted by atomic mass is 32.2. The number of rotatable bonds is 5. The number of fused-ring (bicyclic) bond motifs is 1. The summed E-state index contributed by atoms with van der Waals surface area (Å²) >= 11 is 0. The topological polar surface area (TPSA) is 115 Å². The van der Waals surface area contributed by atoms with Gasteiger partial charge in [0.1, 0.15) is 5.82 Å². The zero-order valence-corrected chi connectivity index (χ0v) is 22.6. The number of benzene rings is 1. The molecule has 2 aromatic heterocycles. The fourth-order valence-corrected chi connectivity index (χ4v) is 6.08. The van der Waals surface area contributed by atoms with Gasteiger partial charge < -0.3 is 20.3 Å². The molecule has 37 heavy (non-hydrogen) atoms. The highest BCUT2D eigenvalue weighted by Gasteiger charge is 2.35. The molecule has 196 valence electrons. The summed E-state index contributed by atoms with van der Waals surface area (Å²) in [5, 5.41) is 23.2. The number of amides is 1. The third-order valence-corrected chi connectivity index (χ3v) is 8.56. The number of aromatic nitrogens is 3. The largest absolute Gasteiger partial charge is 0.391 e. The van der Waals surface area contributed by atoms with E-state index in [0.29, 0.717) is 41.5 Å². The number of nitrogens with zero attached hydrogens (tertiary/aromatic N) is 5. The second kappa shape index (κ2) is 9.98. The van der Waals surface area contributed by atoms with Crippen molar-refractivity contribution in [3.63, 3.8) is 0 Å². The Labute approximate surface area is 219 Å². The second-order valence-corrected chi connectivity index (χ2v) is 11.7. The van der Waals surface area contributed by atoms with Crippen molar-refractivity contribution in [1.82, 2.24) is 19.5 Å². The van der Waals surface area contributed by atoms with Crippen LogP contribution in [0, 0.1) is 25.2 Å². The highest BCUT2D eigenvalue weighted by Crippen LogP contribution is 2.34. The number of aliphatic hydroxyl groups is 1. The Morgan fingerprint density at radius 1 is 1.16 bits per heavy atom. The van der Waals surface area contributed by atoms with Crippen molar-refractivity contribution >= 4 is 33.9 Å². The summed E-state index contributed by atoms with van der Waals surface area (Å²) < 4.78 is 13.8. The molecule has 10 heteroatoms. The Kier molecular flexibility index (Phi) is 6.89. The lowest BCUT2D eigenvalue weighted by molar-refractivity contribution is 0.0604. The smallest absolute Gasteiger partial charge is 0.254 e. The molecule has 2 aliphatic rings. The number of likely N-dealkylation sites (tertiary alicyclic amines) is 1. The minimum Gasteiger partial charge on any atom is -0.391 e. The molecule has 1 amide bonds. The van der Waals surface area contributed by atoms with E-state index in [-0.39, 0.29) is 17.9 Å². The van der Waals surface area contributed by atoms with E-state index < -0.39 is 16.9 Å². The molecule has 3 aromatic rings. The van der Waals surface area contributed by atoms with E-state index in [1.165, 1.54) is 0 Å². The van der Waals surface area contributed by atoms with Crippen LogP contribution >= 0.6 is 0 Å². The summed E-state index contributed by atoms with van der Waals surface area (Å²) in [6.45, 7) is 7.27. The number of aryl methyl sites for hydroxylation is 2. The lowest BCUT2D eigenvalue weighted by Gasteiger charge is -2.35. The Hall–Kier alpha value is -3.11. The van der Waals surface area contributed by atoms with E-state index in [4.69, 9.17) is 15.5 Å². The van der Waals surface area contributed by atoms with E-state index >= 15 is 0 Å². The fraction of sp³-hybridized carbons (Fsp3) is 0.481. The molecule has 4 unspecified atom stereocenters. The van der Waals surface area contributed by atoms with E-state index in [2.05, 4.69) is 0 Å². The first-order chi connectivity index (χ1) is 17.6. The van der Waals surface area contributed by atoms with Gasteiger partial charge in [-0.15, -0.1) is 0 Å². The lowest BCUT2D eigenvalue weighted by Crippen LogP contribution is -2.39. The first kappa shape index (κ1) is 25.5. The monoisotopic (exact) mass is 522 g/mol. The average molecular weight is 523 g/mol. The van der Waals surface area contributed by atoms with Gasteiger partial charge in [-0.3, -0.25) is 9.00 Å². The molecule has 2 fully saturated rings. The molecule has 0 radical (unpaired) electrons. The third-order valence-electron chi connectivity index (χ3n) is 7.65. The molecule has 0 spiro atoms. The van der Waals surface area contributed by atoms with Crippen LogP contribution in [0.2, 0.25) is 0 Å².